The normalized spacial score (nSPS) is 12.4. The summed E-state index contributed by atoms with van der Waals surface area (Å²) in [6, 6.07) is 8.63. The Balaban J connectivity index is 2.24. The van der Waals surface area contributed by atoms with Crippen molar-refractivity contribution < 1.29 is 4.39 Å². The van der Waals surface area contributed by atoms with E-state index in [0.29, 0.717) is 5.02 Å². The number of aromatic nitrogens is 1. The van der Waals surface area contributed by atoms with Crippen molar-refractivity contribution in [1.82, 2.24) is 10.3 Å². The predicted molar refractivity (Wildman–Crippen MR) is 76.0 cm³/mol. The molecule has 19 heavy (non-hydrogen) atoms. The Morgan fingerprint density at radius 2 is 2.21 bits per heavy atom. The molecule has 2 aromatic rings. The van der Waals surface area contributed by atoms with E-state index in [1.807, 2.05) is 19.2 Å². The molecule has 1 aromatic carbocycles. The number of halogens is 2. The van der Waals surface area contributed by atoms with E-state index in [-0.39, 0.29) is 11.7 Å². The third kappa shape index (κ3) is 3.75. The molecule has 0 spiro atoms. The monoisotopic (exact) mass is 278 g/mol. The van der Waals surface area contributed by atoms with Crippen molar-refractivity contribution in [3.05, 3.63) is 64.7 Å². The Morgan fingerprint density at radius 3 is 2.89 bits per heavy atom. The molecule has 0 saturated heterocycles. The van der Waals surface area contributed by atoms with E-state index in [1.54, 1.807) is 24.5 Å². The van der Waals surface area contributed by atoms with Gasteiger partial charge in [0, 0.05) is 24.9 Å². The third-order valence-corrected chi connectivity index (χ3v) is 3.43. The van der Waals surface area contributed by atoms with Gasteiger partial charge in [-0.15, -0.1) is 0 Å². The standard InChI is InChI=1S/C15H16ClFN2/c1-18-9-13(11-3-2-4-14(17)8-11)7-12-5-6-19-10-15(12)16/h2-6,8,10,13,18H,7,9H2,1H3. The van der Waals surface area contributed by atoms with Gasteiger partial charge < -0.3 is 5.32 Å². The highest BCUT2D eigenvalue weighted by molar-refractivity contribution is 6.31. The lowest BCUT2D eigenvalue weighted by atomic mass is 9.92. The SMILES string of the molecule is CNCC(Cc1ccncc1Cl)c1cccc(F)c1. The van der Waals surface area contributed by atoms with Gasteiger partial charge in [-0.25, -0.2) is 4.39 Å². The third-order valence-electron chi connectivity index (χ3n) is 3.09. The van der Waals surface area contributed by atoms with Crippen LogP contribution >= 0.6 is 11.6 Å². The molecule has 1 aromatic heterocycles. The van der Waals surface area contributed by atoms with Crippen LogP contribution in [0.4, 0.5) is 4.39 Å². The maximum Gasteiger partial charge on any atom is 0.123 e. The molecule has 1 N–H and O–H groups in total. The maximum absolute atomic E-state index is 13.3. The van der Waals surface area contributed by atoms with Crippen LogP contribution in [0.25, 0.3) is 0 Å². The number of nitrogens with zero attached hydrogens (tertiary/aromatic N) is 1. The average molecular weight is 279 g/mol. The first kappa shape index (κ1) is 14.0. The smallest absolute Gasteiger partial charge is 0.123 e. The summed E-state index contributed by atoms with van der Waals surface area (Å²) in [6.07, 6.45) is 4.12. The molecular weight excluding hydrogens is 263 g/mol. The first-order valence-corrected chi connectivity index (χ1v) is 6.57. The Bertz CT molecular complexity index is 545. The molecule has 0 bridgehead atoms. The summed E-state index contributed by atoms with van der Waals surface area (Å²) in [7, 11) is 1.89. The predicted octanol–water partition coefficient (Wildman–Crippen LogP) is 3.42. The van der Waals surface area contributed by atoms with Crippen molar-refractivity contribution in [3.63, 3.8) is 0 Å². The van der Waals surface area contributed by atoms with E-state index in [0.717, 1.165) is 24.1 Å². The zero-order chi connectivity index (χ0) is 13.7. The van der Waals surface area contributed by atoms with Crippen molar-refractivity contribution in [1.29, 1.82) is 0 Å². The number of pyridine rings is 1. The van der Waals surface area contributed by atoms with Gasteiger partial charge >= 0.3 is 0 Å². The Hall–Kier alpha value is -1.45. The van der Waals surface area contributed by atoms with Crippen molar-refractivity contribution in [2.45, 2.75) is 12.3 Å². The van der Waals surface area contributed by atoms with Gasteiger partial charge in [-0.05, 0) is 42.8 Å². The van der Waals surface area contributed by atoms with Crippen LogP contribution in [-0.4, -0.2) is 18.6 Å². The van der Waals surface area contributed by atoms with Crippen LogP contribution in [0, 0.1) is 5.82 Å². The van der Waals surface area contributed by atoms with Crippen LogP contribution in [-0.2, 0) is 6.42 Å². The Kier molecular flexibility index (Phi) is 4.88. The van der Waals surface area contributed by atoms with Crippen molar-refractivity contribution in [2.24, 2.45) is 0 Å². The van der Waals surface area contributed by atoms with Crippen LogP contribution in [0.5, 0.6) is 0 Å². The molecular formula is C15H16ClFN2. The lowest BCUT2D eigenvalue weighted by Crippen LogP contribution is -2.19. The molecule has 4 heteroatoms. The molecule has 1 atom stereocenters. The number of likely N-dealkylation sites (N-methyl/N-ethyl adjacent to an activating group) is 1. The lowest BCUT2D eigenvalue weighted by molar-refractivity contribution is 0.600. The fourth-order valence-corrected chi connectivity index (χ4v) is 2.35. The van der Waals surface area contributed by atoms with Crippen molar-refractivity contribution in [2.75, 3.05) is 13.6 Å². The fraction of sp³-hybridized carbons (Fsp3) is 0.267. The highest BCUT2D eigenvalue weighted by Gasteiger charge is 2.14. The first-order chi connectivity index (χ1) is 9.20. The van der Waals surface area contributed by atoms with Crippen LogP contribution in [0.1, 0.15) is 17.0 Å². The average Bonchev–Trinajstić information content (AvgIpc) is 2.40. The molecule has 1 heterocycles. The van der Waals surface area contributed by atoms with Gasteiger partial charge in [0.05, 0.1) is 5.02 Å². The van der Waals surface area contributed by atoms with Gasteiger partial charge in [0.25, 0.3) is 0 Å². The van der Waals surface area contributed by atoms with Gasteiger partial charge in [0.15, 0.2) is 0 Å². The number of hydrogen-bond donors (Lipinski definition) is 1. The molecule has 2 rings (SSSR count). The van der Waals surface area contributed by atoms with E-state index in [9.17, 15) is 4.39 Å². The van der Waals surface area contributed by atoms with E-state index in [1.165, 1.54) is 6.07 Å². The molecule has 2 nitrogen and oxygen atoms in total. The van der Waals surface area contributed by atoms with Crippen LogP contribution in [0.3, 0.4) is 0 Å². The van der Waals surface area contributed by atoms with Gasteiger partial charge in [-0.1, -0.05) is 23.7 Å². The molecule has 0 radical (unpaired) electrons. The quantitative estimate of drug-likeness (QED) is 0.906. The summed E-state index contributed by atoms with van der Waals surface area (Å²) in [6.45, 7) is 0.766. The van der Waals surface area contributed by atoms with Crippen LogP contribution < -0.4 is 5.32 Å². The fourth-order valence-electron chi connectivity index (χ4n) is 2.15. The largest absolute Gasteiger partial charge is 0.319 e. The summed E-state index contributed by atoms with van der Waals surface area (Å²) in [4.78, 5) is 3.98. The molecule has 1 unspecified atom stereocenters. The summed E-state index contributed by atoms with van der Waals surface area (Å²) in [5.41, 5.74) is 2.00. The second-order valence-electron chi connectivity index (χ2n) is 4.48. The molecule has 0 aliphatic carbocycles. The molecule has 0 aliphatic rings. The molecule has 0 amide bonds. The molecule has 0 saturated carbocycles. The number of nitrogens with one attached hydrogen (secondary N) is 1. The lowest BCUT2D eigenvalue weighted by Gasteiger charge is -2.18. The van der Waals surface area contributed by atoms with Crippen LogP contribution in [0.2, 0.25) is 5.02 Å². The van der Waals surface area contributed by atoms with E-state index < -0.39 is 0 Å². The highest BCUT2D eigenvalue weighted by atomic mass is 35.5. The van der Waals surface area contributed by atoms with E-state index in [4.69, 9.17) is 11.6 Å². The number of rotatable bonds is 5. The molecule has 0 fully saturated rings. The minimum Gasteiger partial charge on any atom is -0.319 e. The second-order valence-corrected chi connectivity index (χ2v) is 4.89. The topological polar surface area (TPSA) is 24.9 Å². The van der Waals surface area contributed by atoms with Gasteiger partial charge in [-0.2, -0.15) is 0 Å². The number of hydrogen-bond acceptors (Lipinski definition) is 2. The summed E-state index contributed by atoms with van der Waals surface area (Å²) < 4.78 is 13.3. The minimum absolute atomic E-state index is 0.181. The summed E-state index contributed by atoms with van der Waals surface area (Å²) >= 11 is 6.13. The zero-order valence-electron chi connectivity index (χ0n) is 10.7. The minimum atomic E-state index is -0.209. The maximum atomic E-state index is 13.3. The van der Waals surface area contributed by atoms with Crippen molar-refractivity contribution in [3.8, 4) is 0 Å². The Morgan fingerprint density at radius 1 is 1.37 bits per heavy atom. The van der Waals surface area contributed by atoms with Crippen LogP contribution in [0.15, 0.2) is 42.7 Å². The summed E-state index contributed by atoms with van der Waals surface area (Å²) in [5.74, 6) is -0.0278. The van der Waals surface area contributed by atoms with E-state index >= 15 is 0 Å². The molecule has 100 valence electrons. The summed E-state index contributed by atoms with van der Waals surface area (Å²) in [5, 5.41) is 3.80. The Labute approximate surface area is 117 Å². The van der Waals surface area contributed by atoms with E-state index in [2.05, 4.69) is 10.3 Å². The van der Waals surface area contributed by atoms with Gasteiger partial charge in [0.1, 0.15) is 5.82 Å². The molecule has 0 aliphatic heterocycles. The second kappa shape index (κ2) is 6.64. The van der Waals surface area contributed by atoms with Crippen molar-refractivity contribution >= 4 is 11.6 Å². The highest BCUT2D eigenvalue weighted by Crippen LogP contribution is 2.24. The first-order valence-electron chi connectivity index (χ1n) is 6.19. The van der Waals surface area contributed by atoms with Gasteiger partial charge in [0.2, 0.25) is 0 Å². The zero-order valence-corrected chi connectivity index (χ0v) is 11.5. The van der Waals surface area contributed by atoms with Gasteiger partial charge in [-0.3, -0.25) is 4.98 Å². The number of benzene rings is 1.